The zero-order valence-electron chi connectivity index (χ0n) is 10.8. The average molecular weight is 252 g/mol. The van der Waals surface area contributed by atoms with Crippen LogP contribution in [0.15, 0.2) is 0 Å². The molecule has 1 saturated heterocycles. The number of rotatable bonds is 1. The topological polar surface area (TPSA) is 52.6 Å². The molecule has 1 spiro atoms. The van der Waals surface area contributed by atoms with Crippen molar-refractivity contribution in [1.82, 2.24) is 0 Å². The van der Waals surface area contributed by atoms with Crippen LogP contribution in [-0.2, 0) is 19.1 Å². The monoisotopic (exact) mass is 252 g/mol. The summed E-state index contributed by atoms with van der Waals surface area (Å²) in [5.41, 5.74) is 0. The third-order valence-corrected chi connectivity index (χ3v) is 4.87. The Labute approximate surface area is 107 Å². The van der Waals surface area contributed by atoms with Crippen molar-refractivity contribution in [3.63, 3.8) is 0 Å². The van der Waals surface area contributed by atoms with Crippen molar-refractivity contribution < 1.29 is 19.1 Å². The maximum atomic E-state index is 12.0. The Hall–Kier alpha value is -0.740. The molecule has 0 aromatic rings. The summed E-state index contributed by atoms with van der Waals surface area (Å²) in [4.78, 5) is 23.8. The Morgan fingerprint density at radius 3 is 2.67 bits per heavy atom. The summed E-state index contributed by atoms with van der Waals surface area (Å²) in [6.45, 7) is 2.92. The molecule has 2 aliphatic carbocycles. The van der Waals surface area contributed by atoms with E-state index in [1.165, 1.54) is 0 Å². The second kappa shape index (κ2) is 4.42. The fourth-order valence-electron chi connectivity index (χ4n) is 3.98. The Bertz CT molecular complexity index is 368. The highest BCUT2D eigenvalue weighted by Gasteiger charge is 2.51. The average Bonchev–Trinajstić information content (AvgIpc) is 2.77. The second-order valence-corrected chi connectivity index (χ2v) is 5.84. The number of fused-ring (bicyclic) bond motifs is 1. The summed E-state index contributed by atoms with van der Waals surface area (Å²) in [5, 5.41) is 0. The lowest BCUT2D eigenvalue weighted by atomic mass is 9.62. The Morgan fingerprint density at radius 1 is 1.28 bits per heavy atom. The highest BCUT2D eigenvalue weighted by Crippen LogP contribution is 2.48. The summed E-state index contributed by atoms with van der Waals surface area (Å²) >= 11 is 0. The first kappa shape index (κ1) is 12.3. The van der Waals surface area contributed by atoms with Crippen LogP contribution in [0.25, 0.3) is 0 Å². The van der Waals surface area contributed by atoms with Crippen molar-refractivity contribution in [2.75, 3.05) is 13.2 Å². The van der Waals surface area contributed by atoms with Gasteiger partial charge in [0.25, 0.3) is 0 Å². The standard InChI is InChI=1S/C14H20O4/c1-9(15)10-2-3-13(16)11-4-5-14(8-12(10)11)17-6-7-18-14/h10-12H,2-8H2,1H3/t10-,11+,12-/m0/s1. The quantitative estimate of drug-likeness (QED) is 0.713. The van der Waals surface area contributed by atoms with Crippen LogP contribution in [-0.4, -0.2) is 30.6 Å². The van der Waals surface area contributed by atoms with Gasteiger partial charge in [0.15, 0.2) is 5.79 Å². The van der Waals surface area contributed by atoms with Gasteiger partial charge in [-0.25, -0.2) is 0 Å². The molecule has 1 aliphatic heterocycles. The molecule has 0 aromatic carbocycles. The first-order valence-electron chi connectivity index (χ1n) is 6.92. The van der Waals surface area contributed by atoms with Crippen LogP contribution >= 0.6 is 0 Å². The second-order valence-electron chi connectivity index (χ2n) is 5.84. The molecular formula is C14H20O4. The maximum absolute atomic E-state index is 12.0. The van der Waals surface area contributed by atoms with Gasteiger partial charge in [-0.3, -0.25) is 9.59 Å². The smallest absolute Gasteiger partial charge is 0.168 e. The first-order chi connectivity index (χ1) is 8.61. The molecule has 3 fully saturated rings. The highest BCUT2D eigenvalue weighted by molar-refractivity contribution is 5.86. The highest BCUT2D eigenvalue weighted by atomic mass is 16.7. The van der Waals surface area contributed by atoms with Crippen molar-refractivity contribution in [1.29, 1.82) is 0 Å². The molecule has 0 unspecified atom stereocenters. The molecule has 2 saturated carbocycles. The molecule has 0 N–H and O–H groups in total. The number of carbonyl (C=O) groups is 2. The number of hydrogen-bond donors (Lipinski definition) is 0. The molecule has 18 heavy (non-hydrogen) atoms. The summed E-state index contributed by atoms with van der Waals surface area (Å²) in [5.74, 6) is 0.282. The van der Waals surface area contributed by atoms with Gasteiger partial charge in [0.05, 0.1) is 13.2 Å². The van der Waals surface area contributed by atoms with Gasteiger partial charge in [-0.05, 0) is 25.7 Å². The summed E-state index contributed by atoms with van der Waals surface area (Å²) < 4.78 is 11.5. The lowest BCUT2D eigenvalue weighted by Crippen LogP contribution is -2.48. The van der Waals surface area contributed by atoms with E-state index in [9.17, 15) is 9.59 Å². The third kappa shape index (κ3) is 1.91. The Balaban J connectivity index is 1.83. The number of ketones is 2. The fourth-order valence-corrected chi connectivity index (χ4v) is 3.98. The summed E-state index contributed by atoms with van der Waals surface area (Å²) in [6.07, 6.45) is 3.61. The van der Waals surface area contributed by atoms with Crippen LogP contribution in [0, 0.1) is 17.8 Å². The number of hydrogen-bond acceptors (Lipinski definition) is 4. The molecule has 0 bridgehead atoms. The van der Waals surface area contributed by atoms with Crippen molar-refractivity contribution in [3.8, 4) is 0 Å². The lowest BCUT2D eigenvalue weighted by Gasteiger charge is -2.45. The van der Waals surface area contributed by atoms with Crippen LogP contribution < -0.4 is 0 Å². The van der Waals surface area contributed by atoms with Gasteiger partial charge < -0.3 is 9.47 Å². The molecule has 1 heterocycles. The largest absolute Gasteiger partial charge is 0.348 e. The zero-order valence-corrected chi connectivity index (χ0v) is 10.8. The fraction of sp³-hybridized carbons (Fsp3) is 0.857. The van der Waals surface area contributed by atoms with E-state index in [1.54, 1.807) is 6.92 Å². The molecule has 3 aliphatic rings. The van der Waals surface area contributed by atoms with E-state index in [4.69, 9.17) is 9.47 Å². The van der Waals surface area contributed by atoms with Gasteiger partial charge in [-0.1, -0.05) is 0 Å². The predicted molar refractivity (Wildman–Crippen MR) is 63.9 cm³/mol. The van der Waals surface area contributed by atoms with E-state index < -0.39 is 5.79 Å². The zero-order chi connectivity index (χ0) is 12.8. The third-order valence-electron chi connectivity index (χ3n) is 4.87. The molecular weight excluding hydrogens is 232 g/mol. The normalized spacial score (nSPS) is 38.7. The van der Waals surface area contributed by atoms with Gasteiger partial charge in [-0.2, -0.15) is 0 Å². The lowest BCUT2D eigenvalue weighted by molar-refractivity contribution is -0.202. The van der Waals surface area contributed by atoms with E-state index >= 15 is 0 Å². The number of ether oxygens (including phenoxy) is 2. The van der Waals surface area contributed by atoms with Gasteiger partial charge in [0, 0.05) is 31.1 Å². The van der Waals surface area contributed by atoms with Crippen molar-refractivity contribution >= 4 is 11.6 Å². The molecule has 4 nitrogen and oxygen atoms in total. The van der Waals surface area contributed by atoms with Gasteiger partial charge in [-0.15, -0.1) is 0 Å². The Morgan fingerprint density at radius 2 is 2.00 bits per heavy atom. The van der Waals surface area contributed by atoms with E-state index in [0.717, 1.165) is 12.8 Å². The molecule has 100 valence electrons. The van der Waals surface area contributed by atoms with Gasteiger partial charge >= 0.3 is 0 Å². The Kier molecular flexibility index (Phi) is 3.02. The SMILES string of the molecule is CC(=O)[C@@H]1CCC(=O)[C@@H]2CCC3(C[C@@H]12)OCCO3. The van der Waals surface area contributed by atoms with E-state index in [2.05, 4.69) is 0 Å². The van der Waals surface area contributed by atoms with Crippen molar-refractivity contribution in [2.24, 2.45) is 17.8 Å². The number of carbonyl (C=O) groups excluding carboxylic acids is 2. The molecule has 4 heteroatoms. The van der Waals surface area contributed by atoms with Crippen LogP contribution in [0.2, 0.25) is 0 Å². The summed E-state index contributed by atoms with van der Waals surface area (Å²) in [7, 11) is 0. The molecule has 3 atom stereocenters. The predicted octanol–water partition coefficient (Wildman–Crippen LogP) is 1.71. The van der Waals surface area contributed by atoms with Crippen molar-refractivity contribution in [3.05, 3.63) is 0 Å². The van der Waals surface area contributed by atoms with Crippen LogP contribution in [0.1, 0.15) is 39.0 Å². The van der Waals surface area contributed by atoms with Crippen LogP contribution in [0.3, 0.4) is 0 Å². The first-order valence-corrected chi connectivity index (χ1v) is 6.92. The van der Waals surface area contributed by atoms with Gasteiger partial charge in [0.2, 0.25) is 0 Å². The van der Waals surface area contributed by atoms with Gasteiger partial charge in [0.1, 0.15) is 11.6 Å². The molecule has 3 rings (SSSR count). The molecule has 0 radical (unpaired) electrons. The van der Waals surface area contributed by atoms with E-state index in [1.807, 2.05) is 0 Å². The number of Topliss-reactive ketones (excluding diaryl/α,β-unsaturated/α-hetero) is 2. The van der Waals surface area contributed by atoms with Crippen molar-refractivity contribution in [2.45, 2.75) is 44.8 Å². The summed E-state index contributed by atoms with van der Waals surface area (Å²) in [6, 6.07) is 0. The molecule has 0 aromatic heterocycles. The van der Waals surface area contributed by atoms with Crippen LogP contribution in [0.5, 0.6) is 0 Å². The minimum atomic E-state index is -0.494. The molecule has 0 amide bonds. The minimum Gasteiger partial charge on any atom is -0.348 e. The van der Waals surface area contributed by atoms with E-state index in [0.29, 0.717) is 38.3 Å². The van der Waals surface area contributed by atoms with Crippen LogP contribution in [0.4, 0.5) is 0 Å². The van der Waals surface area contributed by atoms with E-state index in [-0.39, 0.29) is 23.5 Å². The maximum Gasteiger partial charge on any atom is 0.168 e. The minimum absolute atomic E-state index is 0.0256.